The minimum atomic E-state index is -1.05. The molecular weight excluding hydrogens is 479 g/mol. The van der Waals surface area contributed by atoms with E-state index in [0.717, 1.165) is 10.4 Å². The summed E-state index contributed by atoms with van der Waals surface area (Å²) in [5.41, 5.74) is 2.85. The van der Waals surface area contributed by atoms with E-state index in [1.165, 1.54) is 34.5 Å². The van der Waals surface area contributed by atoms with E-state index >= 15 is 4.39 Å². The van der Waals surface area contributed by atoms with Gasteiger partial charge in [-0.1, -0.05) is 23.7 Å². The number of carboxylic acids is 1. The zero-order valence-electron chi connectivity index (χ0n) is 18.5. The summed E-state index contributed by atoms with van der Waals surface area (Å²) in [6.45, 7) is 4.48. The maximum Gasteiger partial charge on any atom is 0.335 e. The monoisotopic (exact) mass is 500 g/mol. The zero-order valence-corrected chi connectivity index (χ0v) is 20.1. The summed E-state index contributed by atoms with van der Waals surface area (Å²) >= 11 is 8.08. The molecule has 0 saturated carbocycles. The van der Waals surface area contributed by atoms with E-state index in [9.17, 15) is 4.79 Å². The molecule has 4 aromatic rings. The van der Waals surface area contributed by atoms with Crippen LogP contribution in [0.4, 0.5) is 4.39 Å². The van der Waals surface area contributed by atoms with E-state index in [1.54, 1.807) is 18.3 Å². The fourth-order valence-electron chi connectivity index (χ4n) is 3.40. The van der Waals surface area contributed by atoms with Gasteiger partial charge in [0.2, 0.25) is 11.7 Å². The average molecular weight is 501 g/mol. The Labute approximate surface area is 205 Å². The summed E-state index contributed by atoms with van der Waals surface area (Å²) in [6.07, 6.45) is 0. The maximum absolute atomic E-state index is 15.1. The fraction of sp³-hybridized carbons (Fsp3) is 0.200. The Balaban J connectivity index is 1.49. The van der Waals surface area contributed by atoms with E-state index in [-0.39, 0.29) is 36.9 Å². The molecule has 2 aromatic heterocycles. The quantitative estimate of drug-likeness (QED) is 0.282. The van der Waals surface area contributed by atoms with Crippen LogP contribution < -0.4 is 9.47 Å². The van der Waals surface area contributed by atoms with Crippen molar-refractivity contribution in [2.45, 2.75) is 20.4 Å². The van der Waals surface area contributed by atoms with Crippen LogP contribution in [0.3, 0.4) is 0 Å². The number of ether oxygens (including phenoxy) is 2. The number of halogens is 2. The lowest BCUT2D eigenvalue weighted by Crippen LogP contribution is -2.12. The second-order valence-electron chi connectivity index (χ2n) is 7.49. The molecule has 6 nitrogen and oxygen atoms in total. The van der Waals surface area contributed by atoms with Crippen LogP contribution >= 0.6 is 22.9 Å². The smallest absolute Gasteiger partial charge is 0.335 e. The summed E-state index contributed by atoms with van der Waals surface area (Å²) in [5, 5.41) is 16.0. The Morgan fingerprint density at radius 2 is 1.88 bits per heavy atom. The minimum absolute atomic E-state index is 0.00192. The van der Waals surface area contributed by atoms with Crippen molar-refractivity contribution < 1.29 is 23.8 Å². The molecule has 0 aliphatic rings. The molecule has 0 unspecified atom stereocenters. The summed E-state index contributed by atoms with van der Waals surface area (Å²) < 4.78 is 27.8. The highest BCUT2D eigenvalue weighted by molar-refractivity contribution is 7.13. The van der Waals surface area contributed by atoms with Gasteiger partial charge in [-0.3, -0.25) is 0 Å². The predicted octanol–water partition coefficient (Wildman–Crippen LogP) is 6.56. The van der Waals surface area contributed by atoms with Crippen LogP contribution in [0.1, 0.15) is 22.8 Å². The molecule has 0 aliphatic heterocycles. The lowest BCUT2D eigenvalue weighted by molar-refractivity contribution is 0.0697. The second kappa shape index (κ2) is 10.3. The van der Waals surface area contributed by atoms with Gasteiger partial charge in [0, 0.05) is 10.4 Å². The topological polar surface area (TPSA) is 73.6 Å². The largest absolute Gasteiger partial charge is 0.490 e. The van der Waals surface area contributed by atoms with Crippen LogP contribution in [0.15, 0.2) is 53.9 Å². The molecule has 0 spiro atoms. The molecule has 9 heteroatoms. The molecule has 4 rings (SSSR count). The first-order valence-corrected chi connectivity index (χ1v) is 11.8. The molecule has 2 aromatic carbocycles. The minimum Gasteiger partial charge on any atom is -0.490 e. The molecule has 0 atom stereocenters. The molecule has 0 bridgehead atoms. The average Bonchev–Trinajstić information content (AvgIpc) is 3.39. The Bertz CT molecular complexity index is 1320. The molecule has 0 radical (unpaired) electrons. The predicted molar refractivity (Wildman–Crippen MR) is 131 cm³/mol. The first-order valence-electron chi connectivity index (χ1n) is 10.6. The van der Waals surface area contributed by atoms with Crippen LogP contribution in [0.25, 0.3) is 21.7 Å². The highest BCUT2D eigenvalue weighted by Gasteiger charge is 2.21. The number of carbonyl (C=O) groups is 1. The highest BCUT2D eigenvalue weighted by Crippen LogP contribution is 2.34. The van der Waals surface area contributed by atoms with Crippen LogP contribution in [-0.2, 0) is 6.54 Å². The Morgan fingerprint density at radius 1 is 1.15 bits per heavy atom. The number of aromatic nitrogens is 2. The molecule has 0 fully saturated rings. The first kappa shape index (κ1) is 23.8. The number of thiophene rings is 1. The van der Waals surface area contributed by atoms with E-state index < -0.39 is 11.8 Å². The third kappa shape index (κ3) is 5.08. The number of aromatic carboxylic acids is 1. The number of nitrogens with zero attached hydrogens (tertiary/aromatic N) is 2. The van der Waals surface area contributed by atoms with Crippen LogP contribution in [-0.4, -0.2) is 34.1 Å². The van der Waals surface area contributed by atoms with Gasteiger partial charge in [0.05, 0.1) is 23.7 Å². The van der Waals surface area contributed by atoms with E-state index in [0.29, 0.717) is 16.3 Å². The molecule has 0 aliphatic carbocycles. The summed E-state index contributed by atoms with van der Waals surface area (Å²) in [7, 11) is 0. The van der Waals surface area contributed by atoms with E-state index in [2.05, 4.69) is 16.5 Å². The molecule has 176 valence electrons. The van der Waals surface area contributed by atoms with Crippen molar-refractivity contribution in [3.05, 3.63) is 75.9 Å². The zero-order chi connectivity index (χ0) is 24.2. The number of hydrogen-bond donors (Lipinski definition) is 1. The first-order chi connectivity index (χ1) is 16.4. The molecule has 0 amide bonds. The van der Waals surface area contributed by atoms with Crippen molar-refractivity contribution in [2.75, 3.05) is 13.2 Å². The van der Waals surface area contributed by atoms with Crippen LogP contribution in [0.5, 0.6) is 11.6 Å². The van der Waals surface area contributed by atoms with E-state index in [4.69, 9.17) is 26.2 Å². The standard InChI is InChI=1S/C25H22ClFN2O4S/c1-3-32-24-22(27)23(16-4-6-17(7-5-16)25(30)31)28-29(24)10-11-33-20-9-8-18(13-19(20)26)21-12-15(2)14-34-21/h4-9,12-14H,3,10-11H2,1-2H3,(H,30,31). The number of hydrogen-bond acceptors (Lipinski definition) is 5. The van der Waals surface area contributed by atoms with Crippen LogP contribution in [0.2, 0.25) is 5.02 Å². The Hall–Kier alpha value is -3.36. The number of benzene rings is 2. The highest BCUT2D eigenvalue weighted by atomic mass is 35.5. The summed E-state index contributed by atoms with van der Waals surface area (Å²) in [6, 6.07) is 13.6. The molecule has 34 heavy (non-hydrogen) atoms. The van der Waals surface area contributed by atoms with Gasteiger partial charge in [-0.2, -0.15) is 9.49 Å². The van der Waals surface area contributed by atoms with E-state index in [1.807, 2.05) is 25.1 Å². The number of aryl methyl sites for hydroxylation is 1. The van der Waals surface area contributed by atoms with Crippen molar-refractivity contribution in [3.63, 3.8) is 0 Å². The molecular formula is C25H22ClFN2O4S. The summed E-state index contributed by atoms with van der Waals surface area (Å²) in [4.78, 5) is 12.2. The van der Waals surface area contributed by atoms with Crippen molar-refractivity contribution in [2.24, 2.45) is 0 Å². The Morgan fingerprint density at radius 3 is 2.50 bits per heavy atom. The van der Waals surface area contributed by atoms with Crippen molar-refractivity contribution >= 4 is 28.9 Å². The van der Waals surface area contributed by atoms with Gasteiger partial charge in [-0.15, -0.1) is 11.3 Å². The van der Waals surface area contributed by atoms with Crippen molar-refractivity contribution in [1.82, 2.24) is 9.78 Å². The SMILES string of the molecule is CCOc1c(F)c(-c2ccc(C(=O)O)cc2)nn1CCOc1ccc(-c2cc(C)cs2)cc1Cl. The number of rotatable bonds is 9. The van der Waals surface area contributed by atoms with Gasteiger partial charge in [-0.25, -0.2) is 9.48 Å². The fourth-order valence-corrected chi connectivity index (χ4v) is 4.53. The summed E-state index contributed by atoms with van der Waals surface area (Å²) in [5.74, 6) is -1.15. The Kier molecular flexibility index (Phi) is 7.19. The lowest BCUT2D eigenvalue weighted by atomic mass is 10.1. The third-order valence-electron chi connectivity index (χ3n) is 5.04. The maximum atomic E-state index is 15.1. The third-order valence-corrected chi connectivity index (χ3v) is 6.44. The van der Waals surface area contributed by atoms with Gasteiger partial charge in [0.1, 0.15) is 18.1 Å². The van der Waals surface area contributed by atoms with Gasteiger partial charge < -0.3 is 14.6 Å². The molecule has 2 heterocycles. The normalized spacial score (nSPS) is 10.9. The number of carboxylic acid groups (broad SMARTS) is 1. The lowest BCUT2D eigenvalue weighted by Gasteiger charge is -2.11. The van der Waals surface area contributed by atoms with Gasteiger partial charge in [0.15, 0.2) is 0 Å². The van der Waals surface area contributed by atoms with Gasteiger partial charge in [0.25, 0.3) is 0 Å². The van der Waals surface area contributed by atoms with Crippen molar-refractivity contribution in [3.8, 4) is 33.3 Å². The molecule has 0 saturated heterocycles. The van der Waals surface area contributed by atoms with Crippen LogP contribution in [0, 0.1) is 12.7 Å². The van der Waals surface area contributed by atoms with Crippen molar-refractivity contribution in [1.29, 1.82) is 0 Å². The van der Waals surface area contributed by atoms with Gasteiger partial charge >= 0.3 is 5.97 Å². The van der Waals surface area contributed by atoms with Gasteiger partial charge in [-0.05, 0) is 66.8 Å². The molecule has 1 N–H and O–H groups in total. The second-order valence-corrected chi connectivity index (χ2v) is 8.81.